The fourth-order valence-electron chi connectivity index (χ4n) is 1.21. The summed E-state index contributed by atoms with van der Waals surface area (Å²) in [4.78, 5) is 0. The Morgan fingerprint density at radius 1 is 1.85 bits per heavy atom. The van der Waals surface area contributed by atoms with Crippen molar-refractivity contribution in [2.24, 2.45) is 5.10 Å². The molecule has 1 heterocycles. The molecule has 0 bridgehead atoms. The lowest BCUT2D eigenvalue weighted by atomic mass is 9.98. The van der Waals surface area contributed by atoms with Gasteiger partial charge < -0.3 is 10.1 Å². The maximum Gasteiger partial charge on any atom is 0.198 e. The molecule has 1 N–H and O–H groups in total. The van der Waals surface area contributed by atoms with E-state index in [2.05, 4.69) is 17.1 Å². The van der Waals surface area contributed by atoms with Crippen LogP contribution in [0.3, 0.4) is 0 Å². The van der Waals surface area contributed by atoms with Crippen molar-refractivity contribution in [1.29, 1.82) is 0 Å². The number of nitrogens with zero attached hydrogens (tertiary/aromatic N) is 2. The maximum absolute atomic E-state index is 5.62. The highest BCUT2D eigenvalue weighted by molar-refractivity contribution is 6.21. The second kappa shape index (κ2) is 4.32. The summed E-state index contributed by atoms with van der Waals surface area (Å²) >= 11 is 0. The molecule has 1 saturated heterocycles. The number of rotatable bonds is 2. The molecule has 1 aliphatic rings. The summed E-state index contributed by atoms with van der Waals surface area (Å²) < 4.78 is 5.43. The smallest absolute Gasteiger partial charge is 0.198 e. The van der Waals surface area contributed by atoms with Gasteiger partial charge in [-0.15, -0.1) is 0 Å². The Balaban J connectivity index is 2.72. The van der Waals surface area contributed by atoms with Gasteiger partial charge in [-0.05, 0) is 14.0 Å². The molecule has 70 valence electrons. The van der Waals surface area contributed by atoms with Crippen molar-refractivity contribution in [1.82, 2.24) is 10.3 Å². The molecule has 2 radical (unpaired) electrons. The van der Waals surface area contributed by atoms with Crippen LogP contribution in [0.2, 0.25) is 0 Å². The average Bonchev–Trinajstić information content (AvgIpc) is 2.16. The lowest BCUT2D eigenvalue weighted by molar-refractivity contribution is 0.0426. The molecule has 0 aromatic rings. The Bertz CT molecular complexity index is 225. The molecule has 1 aliphatic heterocycles. The number of hydrogen-bond acceptors (Lipinski definition) is 4. The van der Waals surface area contributed by atoms with Crippen molar-refractivity contribution in [2.75, 3.05) is 20.2 Å². The third kappa shape index (κ3) is 2.24. The number of hydrogen-bond donors (Lipinski definition) is 1. The molecule has 0 aromatic heterocycles. The topological polar surface area (TPSA) is 36.9 Å². The van der Waals surface area contributed by atoms with Crippen LogP contribution in [0, 0.1) is 0 Å². The standard InChI is InChI=1S/C8H14BN3O/c1-6(9)8-12(11-3)4-7(10-2)5-13-8/h7,10H,3-5H2,1-2H3/b8-6-. The van der Waals surface area contributed by atoms with E-state index in [9.17, 15) is 0 Å². The van der Waals surface area contributed by atoms with Gasteiger partial charge in [-0.3, -0.25) is 0 Å². The van der Waals surface area contributed by atoms with Crippen molar-refractivity contribution in [3.63, 3.8) is 0 Å². The summed E-state index contributed by atoms with van der Waals surface area (Å²) in [5, 5.41) is 8.61. The molecule has 1 fully saturated rings. The lowest BCUT2D eigenvalue weighted by Gasteiger charge is -2.33. The van der Waals surface area contributed by atoms with E-state index in [0.717, 1.165) is 6.54 Å². The zero-order chi connectivity index (χ0) is 9.84. The van der Waals surface area contributed by atoms with Gasteiger partial charge in [0.25, 0.3) is 0 Å². The minimum Gasteiger partial charge on any atom is -0.477 e. The van der Waals surface area contributed by atoms with E-state index < -0.39 is 0 Å². The van der Waals surface area contributed by atoms with Gasteiger partial charge in [0, 0.05) is 6.72 Å². The SMILES string of the molecule is [B]/C(C)=C1\OCC(NC)CN1N=C. The lowest BCUT2D eigenvalue weighted by Crippen LogP contribution is -2.45. The van der Waals surface area contributed by atoms with Crippen LogP contribution in [0.4, 0.5) is 0 Å². The number of ether oxygens (including phenoxy) is 1. The first-order chi connectivity index (χ1) is 6.19. The molecule has 0 aromatic carbocycles. The molecule has 0 spiro atoms. The molecule has 1 atom stereocenters. The van der Waals surface area contributed by atoms with Gasteiger partial charge in [-0.2, -0.15) is 5.10 Å². The van der Waals surface area contributed by atoms with Gasteiger partial charge in [-0.25, -0.2) is 5.01 Å². The van der Waals surface area contributed by atoms with Gasteiger partial charge in [0.05, 0.1) is 12.6 Å². The number of hydrazone groups is 1. The molecule has 1 rings (SSSR count). The molecule has 0 saturated carbocycles. The predicted octanol–water partition coefficient (Wildman–Crippen LogP) is -0.120. The van der Waals surface area contributed by atoms with Crippen LogP contribution in [0.1, 0.15) is 6.92 Å². The minimum atomic E-state index is 0.272. The Labute approximate surface area is 80.0 Å². The van der Waals surface area contributed by atoms with Crippen LogP contribution in [0.5, 0.6) is 0 Å². The van der Waals surface area contributed by atoms with Gasteiger partial charge in [-0.1, -0.05) is 5.47 Å². The summed E-state index contributed by atoms with van der Waals surface area (Å²) in [6.45, 7) is 6.61. The summed E-state index contributed by atoms with van der Waals surface area (Å²) in [5.74, 6) is 0.613. The normalized spacial score (nSPS) is 26.6. The van der Waals surface area contributed by atoms with E-state index in [1.807, 2.05) is 7.05 Å². The van der Waals surface area contributed by atoms with Gasteiger partial charge in [0.15, 0.2) is 5.88 Å². The Morgan fingerprint density at radius 3 is 3.00 bits per heavy atom. The molecule has 4 nitrogen and oxygen atoms in total. The largest absolute Gasteiger partial charge is 0.477 e. The van der Waals surface area contributed by atoms with Crippen molar-refractivity contribution >= 4 is 14.6 Å². The summed E-state index contributed by atoms with van der Waals surface area (Å²) in [5.41, 5.74) is 0.627. The molecule has 1 unspecified atom stereocenters. The second-order valence-corrected chi connectivity index (χ2v) is 3.01. The van der Waals surface area contributed by atoms with Crippen molar-refractivity contribution in [3.05, 3.63) is 11.4 Å². The highest BCUT2D eigenvalue weighted by Crippen LogP contribution is 2.16. The van der Waals surface area contributed by atoms with E-state index in [1.54, 1.807) is 11.9 Å². The van der Waals surface area contributed by atoms with E-state index in [0.29, 0.717) is 18.0 Å². The fraction of sp³-hybridized carbons (Fsp3) is 0.625. The monoisotopic (exact) mass is 179 g/mol. The molecule has 0 aliphatic carbocycles. The molecule has 13 heavy (non-hydrogen) atoms. The van der Waals surface area contributed by atoms with Crippen LogP contribution in [-0.2, 0) is 4.74 Å². The summed E-state index contributed by atoms with van der Waals surface area (Å²) in [6.07, 6.45) is 0. The number of nitrogens with one attached hydrogen (secondary N) is 1. The quantitative estimate of drug-likeness (QED) is 0.474. The van der Waals surface area contributed by atoms with Gasteiger partial charge >= 0.3 is 0 Å². The Morgan fingerprint density at radius 2 is 2.54 bits per heavy atom. The van der Waals surface area contributed by atoms with Crippen molar-refractivity contribution in [2.45, 2.75) is 13.0 Å². The van der Waals surface area contributed by atoms with E-state index in [-0.39, 0.29) is 6.04 Å². The first-order valence-corrected chi connectivity index (χ1v) is 4.19. The summed E-state index contributed by atoms with van der Waals surface area (Å²) in [6, 6.07) is 0.272. The van der Waals surface area contributed by atoms with E-state index in [1.165, 1.54) is 0 Å². The van der Waals surface area contributed by atoms with Gasteiger partial charge in [0.2, 0.25) is 0 Å². The summed E-state index contributed by atoms with van der Waals surface area (Å²) in [7, 11) is 7.51. The van der Waals surface area contributed by atoms with Gasteiger partial charge in [0.1, 0.15) is 14.5 Å². The van der Waals surface area contributed by atoms with Crippen molar-refractivity contribution < 1.29 is 4.74 Å². The zero-order valence-corrected chi connectivity index (χ0v) is 8.08. The Hall–Kier alpha value is -0.965. The third-order valence-electron chi connectivity index (χ3n) is 1.97. The fourth-order valence-corrected chi connectivity index (χ4v) is 1.21. The number of allylic oxidation sites excluding steroid dienone is 1. The van der Waals surface area contributed by atoms with Crippen LogP contribution < -0.4 is 5.32 Å². The van der Waals surface area contributed by atoms with E-state index >= 15 is 0 Å². The predicted molar refractivity (Wildman–Crippen MR) is 53.5 cm³/mol. The first-order valence-electron chi connectivity index (χ1n) is 4.19. The minimum absolute atomic E-state index is 0.272. The zero-order valence-electron chi connectivity index (χ0n) is 8.08. The second-order valence-electron chi connectivity index (χ2n) is 3.01. The highest BCUT2D eigenvalue weighted by Gasteiger charge is 2.22. The van der Waals surface area contributed by atoms with Crippen LogP contribution >= 0.6 is 0 Å². The third-order valence-corrected chi connectivity index (χ3v) is 1.97. The number of likely N-dealkylation sites (N-methyl/N-ethyl adjacent to an activating group) is 1. The molecular formula is C8H14BN3O. The maximum atomic E-state index is 5.62. The molecule has 0 amide bonds. The van der Waals surface area contributed by atoms with Crippen molar-refractivity contribution in [3.8, 4) is 0 Å². The average molecular weight is 179 g/mol. The van der Waals surface area contributed by atoms with Crippen LogP contribution in [-0.4, -0.2) is 45.8 Å². The molecule has 5 heteroatoms. The van der Waals surface area contributed by atoms with E-state index in [4.69, 9.17) is 12.6 Å². The highest BCUT2D eigenvalue weighted by atomic mass is 16.5. The van der Waals surface area contributed by atoms with Crippen LogP contribution in [0.25, 0.3) is 0 Å². The first kappa shape index (κ1) is 10.1. The Kier molecular flexibility index (Phi) is 3.36. The van der Waals surface area contributed by atoms with Crippen LogP contribution in [0.15, 0.2) is 16.5 Å². The molecular weight excluding hydrogens is 165 g/mol.